The highest BCUT2D eigenvalue weighted by atomic mass is 79.9. The van der Waals surface area contributed by atoms with Gasteiger partial charge in [-0.05, 0) is 31.2 Å². The monoisotopic (exact) mass is 306 g/mol. The van der Waals surface area contributed by atoms with Gasteiger partial charge in [0.25, 0.3) is 0 Å². The molecule has 0 fully saturated rings. The molecule has 1 aromatic rings. The topological polar surface area (TPSA) is 35.5 Å². The predicted octanol–water partition coefficient (Wildman–Crippen LogP) is 3.20. The summed E-state index contributed by atoms with van der Waals surface area (Å²) in [6.45, 7) is 1.80. The fourth-order valence-electron chi connectivity index (χ4n) is 1.00. The van der Waals surface area contributed by atoms with Crippen LogP contribution in [0.1, 0.15) is 17.3 Å². The lowest BCUT2D eigenvalue weighted by atomic mass is 10.2. The molecule has 0 aliphatic heterocycles. The summed E-state index contributed by atoms with van der Waals surface area (Å²) in [5.41, 5.74) is 0.467. The zero-order valence-corrected chi connectivity index (χ0v) is 11.3. The Labute approximate surface area is 108 Å². The zero-order chi connectivity index (χ0) is 12.2. The number of alkyl halides is 2. The van der Waals surface area contributed by atoms with Crippen molar-refractivity contribution in [2.24, 2.45) is 0 Å². The van der Waals surface area contributed by atoms with Gasteiger partial charge in [-0.25, -0.2) is 4.79 Å². The number of carbonyl (C=O) groups excluding carboxylic acids is 1. The third-order valence-electron chi connectivity index (χ3n) is 1.78. The van der Waals surface area contributed by atoms with Crippen LogP contribution in [0.5, 0.6) is 5.75 Å². The number of esters is 1. The second-order valence-electron chi connectivity index (χ2n) is 3.37. The van der Waals surface area contributed by atoms with Gasteiger partial charge < -0.3 is 9.47 Å². The molecule has 0 saturated heterocycles. The number of carbonyl (C=O) groups is 1. The van der Waals surface area contributed by atoms with Crippen LogP contribution in [0.15, 0.2) is 24.3 Å². The SMILES string of the molecule is COc1ccc(C(=O)OCC(C)(Cl)Br)cc1. The molecule has 0 spiro atoms. The van der Waals surface area contributed by atoms with Gasteiger partial charge in [-0.1, -0.05) is 15.9 Å². The van der Waals surface area contributed by atoms with Gasteiger partial charge in [0, 0.05) is 0 Å². The number of ether oxygens (including phenoxy) is 2. The Morgan fingerprint density at radius 2 is 2.00 bits per heavy atom. The molecule has 0 heterocycles. The van der Waals surface area contributed by atoms with E-state index in [1.165, 1.54) is 0 Å². The lowest BCUT2D eigenvalue weighted by Crippen LogP contribution is -2.19. The number of halogens is 2. The molecule has 0 aromatic heterocycles. The maximum absolute atomic E-state index is 11.5. The van der Waals surface area contributed by atoms with Crippen molar-refractivity contribution in [3.8, 4) is 5.75 Å². The third kappa shape index (κ3) is 4.41. The first-order chi connectivity index (χ1) is 7.42. The number of rotatable bonds is 4. The van der Waals surface area contributed by atoms with Gasteiger partial charge in [0.15, 0.2) is 0 Å². The molecule has 1 rings (SSSR count). The van der Waals surface area contributed by atoms with Gasteiger partial charge in [-0.2, -0.15) is 0 Å². The largest absolute Gasteiger partial charge is 0.497 e. The molecule has 1 unspecified atom stereocenters. The summed E-state index contributed by atoms with van der Waals surface area (Å²) < 4.78 is 9.26. The number of benzene rings is 1. The minimum atomic E-state index is -0.727. The van der Waals surface area contributed by atoms with E-state index in [-0.39, 0.29) is 6.61 Å². The Bertz CT molecular complexity index is 356. The fraction of sp³-hybridized carbons (Fsp3) is 0.364. The van der Waals surface area contributed by atoms with E-state index in [1.807, 2.05) is 0 Å². The van der Waals surface area contributed by atoms with E-state index < -0.39 is 9.75 Å². The van der Waals surface area contributed by atoms with Crippen LogP contribution in [0.4, 0.5) is 0 Å². The molecule has 16 heavy (non-hydrogen) atoms. The molecular formula is C11H12BrClO3. The number of hydrogen-bond donors (Lipinski definition) is 0. The Hall–Kier alpha value is -0.740. The molecule has 1 atom stereocenters. The highest BCUT2D eigenvalue weighted by molar-refractivity contribution is 9.10. The van der Waals surface area contributed by atoms with Crippen LogP contribution < -0.4 is 4.74 Å². The lowest BCUT2D eigenvalue weighted by molar-refractivity contribution is 0.0501. The number of hydrogen-bond acceptors (Lipinski definition) is 3. The van der Waals surface area contributed by atoms with Crippen molar-refractivity contribution < 1.29 is 14.3 Å². The van der Waals surface area contributed by atoms with Crippen molar-refractivity contribution in [2.45, 2.75) is 10.7 Å². The van der Waals surface area contributed by atoms with Gasteiger partial charge >= 0.3 is 5.97 Å². The molecule has 0 saturated carbocycles. The van der Waals surface area contributed by atoms with E-state index in [0.717, 1.165) is 0 Å². The first kappa shape index (κ1) is 13.3. The Kier molecular flexibility index (Phi) is 4.62. The molecule has 3 nitrogen and oxygen atoms in total. The average molecular weight is 308 g/mol. The molecular weight excluding hydrogens is 295 g/mol. The summed E-state index contributed by atoms with van der Waals surface area (Å²) >= 11 is 9.00. The first-order valence-electron chi connectivity index (χ1n) is 4.61. The Morgan fingerprint density at radius 1 is 1.44 bits per heavy atom. The zero-order valence-electron chi connectivity index (χ0n) is 9.00. The maximum Gasteiger partial charge on any atom is 0.338 e. The first-order valence-corrected chi connectivity index (χ1v) is 5.78. The van der Waals surface area contributed by atoms with Crippen molar-refractivity contribution in [1.82, 2.24) is 0 Å². The van der Waals surface area contributed by atoms with Crippen LogP contribution in [-0.2, 0) is 4.74 Å². The maximum atomic E-state index is 11.5. The minimum Gasteiger partial charge on any atom is -0.497 e. The summed E-state index contributed by atoms with van der Waals surface area (Å²) in [4.78, 5) is 11.5. The summed E-state index contributed by atoms with van der Waals surface area (Å²) in [6, 6.07) is 6.68. The number of methoxy groups -OCH3 is 1. The van der Waals surface area contributed by atoms with Crippen LogP contribution in [-0.4, -0.2) is 23.5 Å². The summed E-state index contributed by atoms with van der Waals surface area (Å²) in [5.74, 6) is 0.285. The summed E-state index contributed by atoms with van der Waals surface area (Å²) in [6.07, 6.45) is 0. The molecule has 0 N–H and O–H groups in total. The molecule has 0 aliphatic rings. The summed E-state index contributed by atoms with van der Waals surface area (Å²) in [5, 5.41) is 0. The lowest BCUT2D eigenvalue weighted by Gasteiger charge is -2.13. The predicted molar refractivity (Wildman–Crippen MR) is 66.5 cm³/mol. The minimum absolute atomic E-state index is 0.0966. The van der Waals surface area contributed by atoms with Crippen molar-refractivity contribution in [3.63, 3.8) is 0 Å². The molecule has 1 aromatic carbocycles. The summed E-state index contributed by atoms with van der Waals surface area (Å²) in [7, 11) is 1.57. The smallest absolute Gasteiger partial charge is 0.338 e. The van der Waals surface area contributed by atoms with E-state index in [9.17, 15) is 4.79 Å². The van der Waals surface area contributed by atoms with Gasteiger partial charge in [0.05, 0.1) is 12.7 Å². The molecule has 0 amide bonds. The van der Waals surface area contributed by atoms with Gasteiger partial charge in [-0.15, -0.1) is 11.6 Å². The second kappa shape index (κ2) is 5.55. The molecule has 5 heteroatoms. The standard InChI is InChI=1S/C11H12BrClO3/c1-11(12,13)7-16-10(14)8-3-5-9(15-2)6-4-8/h3-6H,7H2,1-2H3. The van der Waals surface area contributed by atoms with E-state index in [1.54, 1.807) is 38.3 Å². The highest BCUT2D eigenvalue weighted by Gasteiger charge is 2.19. The van der Waals surface area contributed by atoms with Crippen molar-refractivity contribution in [2.75, 3.05) is 13.7 Å². The van der Waals surface area contributed by atoms with Gasteiger partial charge in [0.2, 0.25) is 0 Å². The van der Waals surface area contributed by atoms with E-state index in [4.69, 9.17) is 21.1 Å². The van der Waals surface area contributed by atoms with Gasteiger partial charge in [-0.3, -0.25) is 0 Å². The normalized spacial score (nSPS) is 14.0. The molecule has 0 radical (unpaired) electrons. The average Bonchev–Trinajstić information content (AvgIpc) is 2.25. The third-order valence-corrected chi connectivity index (χ3v) is 2.12. The quantitative estimate of drug-likeness (QED) is 0.633. The Morgan fingerprint density at radius 3 is 2.44 bits per heavy atom. The van der Waals surface area contributed by atoms with E-state index >= 15 is 0 Å². The van der Waals surface area contributed by atoms with E-state index in [2.05, 4.69) is 15.9 Å². The van der Waals surface area contributed by atoms with Crippen molar-refractivity contribution >= 4 is 33.5 Å². The fourth-order valence-corrected chi connectivity index (χ4v) is 1.17. The van der Waals surface area contributed by atoms with Crippen LogP contribution in [0.25, 0.3) is 0 Å². The van der Waals surface area contributed by atoms with Crippen LogP contribution in [0, 0.1) is 0 Å². The highest BCUT2D eigenvalue weighted by Crippen LogP contribution is 2.23. The molecule has 0 aliphatic carbocycles. The van der Waals surface area contributed by atoms with Gasteiger partial charge in [0.1, 0.15) is 16.1 Å². The van der Waals surface area contributed by atoms with Crippen LogP contribution in [0.2, 0.25) is 0 Å². The van der Waals surface area contributed by atoms with E-state index in [0.29, 0.717) is 11.3 Å². The second-order valence-corrected chi connectivity index (χ2v) is 6.42. The molecule has 0 bridgehead atoms. The van der Waals surface area contributed by atoms with Crippen molar-refractivity contribution in [1.29, 1.82) is 0 Å². The van der Waals surface area contributed by atoms with Crippen molar-refractivity contribution in [3.05, 3.63) is 29.8 Å². The van der Waals surface area contributed by atoms with Crippen LogP contribution in [0.3, 0.4) is 0 Å². The Balaban J connectivity index is 2.59. The van der Waals surface area contributed by atoms with Crippen LogP contribution >= 0.6 is 27.5 Å². The molecule has 88 valence electrons.